The van der Waals surface area contributed by atoms with E-state index in [1.165, 1.54) is 12.5 Å². The van der Waals surface area contributed by atoms with Gasteiger partial charge < -0.3 is 14.8 Å². The Labute approximate surface area is 129 Å². The molecule has 1 aromatic carbocycles. The molecule has 2 heterocycles. The van der Waals surface area contributed by atoms with Crippen molar-refractivity contribution in [2.24, 2.45) is 0 Å². The summed E-state index contributed by atoms with van der Waals surface area (Å²) in [4.78, 5) is 24.6. The number of cyclic esters (lactones) is 1. The molecule has 1 N–H and O–H groups in total. The topological polar surface area (TPSA) is 67.9 Å². The highest BCUT2D eigenvalue weighted by molar-refractivity contribution is 5.90. The van der Waals surface area contributed by atoms with Gasteiger partial charge in [0, 0.05) is 19.2 Å². The molecule has 6 nitrogen and oxygen atoms in total. The smallest absolute Gasteiger partial charge is 0.414 e. The van der Waals surface area contributed by atoms with Crippen molar-refractivity contribution in [1.82, 2.24) is 5.32 Å². The van der Waals surface area contributed by atoms with Gasteiger partial charge in [-0.15, -0.1) is 0 Å². The van der Waals surface area contributed by atoms with E-state index in [-0.39, 0.29) is 18.1 Å². The molecule has 0 radical (unpaired) electrons. The Bertz CT molecular complexity index is 588. The third-order valence-corrected chi connectivity index (χ3v) is 3.95. The van der Waals surface area contributed by atoms with Gasteiger partial charge in [0.1, 0.15) is 6.10 Å². The third-order valence-electron chi connectivity index (χ3n) is 3.95. The summed E-state index contributed by atoms with van der Waals surface area (Å²) in [6, 6.07) is 6.02. The molecule has 118 valence electrons. The highest BCUT2D eigenvalue weighted by Gasteiger charge is 2.32. The summed E-state index contributed by atoms with van der Waals surface area (Å²) in [7, 11) is 0. The number of aryl methyl sites for hydroxylation is 1. The quantitative estimate of drug-likeness (QED) is 0.921. The van der Waals surface area contributed by atoms with E-state index in [0.29, 0.717) is 19.7 Å². The van der Waals surface area contributed by atoms with Gasteiger partial charge in [-0.2, -0.15) is 0 Å². The lowest BCUT2D eigenvalue weighted by Crippen LogP contribution is -2.33. The first kappa shape index (κ1) is 14.8. The molecular formula is C16H20N2O4. The minimum atomic E-state index is -0.371. The lowest BCUT2D eigenvalue weighted by molar-refractivity contribution is -0.119. The van der Waals surface area contributed by atoms with Crippen LogP contribution in [0.3, 0.4) is 0 Å². The molecule has 2 aliphatic heterocycles. The molecule has 1 aromatic rings. The van der Waals surface area contributed by atoms with Gasteiger partial charge in [0.15, 0.2) is 0 Å². The second-order valence-corrected chi connectivity index (χ2v) is 5.66. The van der Waals surface area contributed by atoms with Crippen LogP contribution in [0.4, 0.5) is 10.5 Å². The molecule has 0 aromatic heterocycles. The Morgan fingerprint density at radius 1 is 1.41 bits per heavy atom. The Morgan fingerprint density at radius 3 is 3.09 bits per heavy atom. The predicted molar refractivity (Wildman–Crippen MR) is 80.7 cm³/mol. The molecule has 6 heteroatoms. The molecule has 1 atom stereocenters. The van der Waals surface area contributed by atoms with Crippen molar-refractivity contribution < 1.29 is 19.1 Å². The third kappa shape index (κ3) is 3.22. The van der Waals surface area contributed by atoms with Crippen LogP contribution in [0.2, 0.25) is 0 Å². The van der Waals surface area contributed by atoms with Crippen molar-refractivity contribution in [2.75, 3.05) is 24.6 Å². The normalized spacial score (nSPS) is 21.0. The summed E-state index contributed by atoms with van der Waals surface area (Å²) in [5.74, 6) is -0.128. The van der Waals surface area contributed by atoms with Gasteiger partial charge in [0.2, 0.25) is 5.91 Å². The molecule has 2 amide bonds. The first-order valence-electron chi connectivity index (χ1n) is 7.55. The first-order chi connectivity index (χ1) is 10.6. The van der Waals surface area contributed by atoms with Crippen molar-refractivity contribution in [3.63, 3.8) is 0 Å². The monoisotopic (exact) mass is 304 g/mol. The number of benzene rings is 1. The number of rotatable bonds is 3. The van der Waals surface area contributed by atoms with E-state index in [0.717, 1.165) is 30.7 Å². The van der Waals surface area contributed by atoms with Crippen LogP contribution in [0.15, 0.2) is 18.2 Å². The van der Waals surface area contributed by atoms with Crippen LogP contribution in [-0.4, -0.2) is 37.8 Å². The fourth-order valence-corrected chi connectivity index (χ4v) is 2.80. The lowest BCUT2D eigenvalue weighted by Gasteiger charge is -2.15. The number of amides is 2. The van der Waals surface area contributed by atoms with Crippen LogP contribution in [0.1, 0.15) is 24.5 Å². The van der Waals surface area contributed by atoms with E-state index in [4.69, 9.17) is 9.47 Å². The summed E-state index contributed by atoms with van der Waals surface area (Å²) in [6.45, 7) is 3.58. The summed E-state index contributed by atoms with van der Waals surface area (Å²) in [6.07, 6.45) is 1.35. The molecule has 0 unspecified atom stereocenters. The zero-order valence-electron chi connectivity index (χ0n) is 12.6. The maximum Gasteiger partial charge on any atom is 0.414 e. The van der Waals surface area contributed by atoms with E-state index < -0.39 is 0 Å². The highest BCUT2D eigenvalue weighted by atomic mass is 16.6. The van der Waals surface area contributed by atoms with Gasteiger partial charge in [0.05, 0.1) is 19.7 Å². The van der Waals surface area contributed by atoms with Crippen molar-refractivity contribution in [3.8, 4) is 0 Å². The summed E-state index contributed by atoms with van der Waals surface area (Å²) in [5.41, 5.74) is 3.23. The number of hydrogen-bond donors (Lipinski definition) is 1. The van der Waals surface area contributed by atoms with Crippen molar-refractivity contribution in [2.45, 2.75) is 32.5 Å². The second-order valence-electron chi connectivity index (χ2n) is 5.66. The number of carbonyl (C=O) groups is 2. The average molecular weight is 304 g/mol. The van der Waals surface area contributed by atoms with Crippen LogP contribution in [0.25, 0.3) is 0 Å². The van der Waals surface area contributed by atoms with E-state index in [1.54, 1.807) is 4.90 Å². The number of anilines is 1. The fourth-order valence-electron chi connectivity index (χ4n) is 2.80. The Balaban J connectivity index is 1.72. The van der Waals surface area contributed by atoms with Crippen molar-refractivity contribution in [1.29, 1.82) is 0 Å². The van der Waals surface area contributed by atoms with Gasteiger partial charge in [-0.25, -0.2) is 4.79 Å². The molecule has 0 aliphatic carbocycles. The molecule has 1 fully saturated rings. The van der Waals surface area contributed by atoms with Crippen LogP contribution in [0, 0.1) is 0 Å². The number of hydrogen-bond acceptors (Lipinski definition) is 4. The molecule has 2 aliphatic rings. The standard InChI is InChI=1S/C16H20N2O4/c1-11(19)17-8-15-9-18(16(20)22-15)14-5-4-12-3-2-6-21-10-13(12)7-14/h4-5,7,15H,2-3,6,8-10H2,1H3,(H,17,19)/t15-/m0/s1. The van der Waals surface area contributed by atoms with Crippen LogP contribution in [-0.2, 0) is 27.3 Å². The van der Waals surface area contributed by atoms with Gasteiger partial charge in [-0.05, 0) is 36.1 Å². The highest BCUT2D eigenvalue weighted by Crippen LogP contribution is 2.26. The minimum absolute atomic E-state index is 0.128. The van der Waals surface area contributed by atoms with Gasteiger partial charge >= 0.3 is 6.09 Å². The fraction of sp³-hybridized carbons (Fsp3) is 0.500. The molecule has 0 bridgehead atoms. The van der Waals surface area contributed by atoms with E-state index >= 15 is 0 Å². The van der Waals surface area contributed by atoms with E-state index in [9.17, 15) is 9.59 Å². The predicted octanol–water partition coefficient (Wildman–Crippen LogP) is 1.61. The maximum absolute atomic E-state index is 12.0. The summed E-state index contributed by atoms with van der Waals surface area (Å²) >= 11 is 0. The van der Waals surface area contributed by atoms with Crippen LogP contribution < -0.4 is 10.2 Å². The number of fused-ring (bicyclic) bond motifs is 1. The largest absolute Gasteiger partial charge is 0.442 e. The van der Waals surface area contributed by atoms with Crippen LogP contribution in [0.5, 0.6) is 0 Å². The van der Waals surface area contributed by atoms with Gasteiger partial charge in [0.25, 0.3) is 0 Å². The van der Waals surface area contributed by atoms with Crippen molar-refractivity contribution in [3.05, 3.63) is 29.3 Å². The number of ether oxygens (including phenoxy) is 2. The zero-order chi connectivity index (χ0) is 15.5. The van der Waals surface area contributed by atoms with E-state index in [1.807, 2.05) is 12.1 Å². The number of carbonyl (C=O) groups excluding carboxylic acids is 2. The van der Waals surface area contributed by atoms with E-state index in [2.05, 4.69) is 11.4 Å². The first-order valence-corrected chi connectivity index (χ1v) is 7.55. The molecule has 0 saturated carbocycles. The van der Waals surface area contributed by atoms with Crippen LogP contribution >= 0.6 is 0 Å². The van der Waals surface area contributed by atoms with Gasteiger partial charge in [-0.1, -0.05) is 6.07 Å². The minimum Gasteiger partial charge on any atom is -0.442 e. The zero-order valence-corrected chi connectivity index (χ0v) is 12.6. The summed E-state index contributed by atoms with van der Waals surface area (Å²) in [5, 5.41) is 2.68. The van der Waals surface area contributed by atoms with Gasteiger partial charge in [-0.3, -0.25) is 9.69 Å². The SMILES string of the molecule is CC(=O)NC[C@H]1CN(c2ccc3c(c2)COCCC3)C(=O)O1. The lowest BCUT2D eigenvalue weighted by atomic mass is 10.0. The Hall–Kier alpha value is -2.08. The Kier molecular flexibility index (Phi) is 4.29. The summed E-state index contributed by atoms with van der Waals surface area (Å²) < 4.78 is 10.9. The number of nitrogens with one attached hydrogen (secondary N) is 1. The Morgan fingerprint density at radius 2 is 2.27 bits per heavy atom. The average Bonchev–Trinajstić information content (AvgIpc) is 2.71. The van der Waals surface area contributed by atoms with Crippen molar-refractivity contribution >= 4 is 17.7 Å². The second kappa shape index (κ2) is 6.36. The molecule has 0 spiro atoms. The molecular weight excluding hydrogens is 284 g/mol. The maximum atomic E-state index is 12.0. The molecule has 1 saturated heterocycles. The molecule has 3 rings (SSSR count). The molecule has 22 heavy (non-hydrogen) atoms. The number of nitrogens with zero attached hydrogens (tertiary/aromatic N) is 1.